The fourth-order valence-corrected chi connectivity index (χ4v) is 5.86. The van der Waals surface area contributed by atoms with Gasteiger partial charge in [-0.25, -0.2) is 0 Å². The maximum atomic E-state index is 8.01. The third-order valence-electron chi connectivity index (χ3n) is 7.74. The van der Waals surface area contributed by atoms with Gasteiger partial charge in [0.1, 0.15) is 11.2 Å². The Morgan fingerprint density at radius 3 is 2.08 bits per heavy atom. The SMILES string of the molecule is [2H]C([2H])([2H])c1cnc(-c2cccc3c2oc2cc4c5ccc(-c6ccccc6)cc5c5ccccc5c4cc23)cc1C([2H])([2H])[2H]. The monoisotopic (exact) mass is 505 g/mol. The van der Waals surface area contributed by atoms with E-state index in [1.54, 1.807) is 0 Å². The summed E-state index contributed by atoms with van der Waals surface area (Å²) in [5, 5.41) is 8.56. The second-order valence-corrected chi connectivity index (χ2v) is 9.97. The Balaban J connectivity index is 1.40. The second kappa shape index (κ2) is 8.28. The summed E-state index contributed by atoms with van der Waals surface area (Å²) in [4.78, 5) is 4.41. The van der Waals surface area contributed by atoms with E-state index in [1.807, 2.05) is 36.4 Å². The molecule has 184 valence electrons. The van der Waals surface area contributed by atoms with E-state index >= 15 is 0 Å². The van der Waals surface area contributed by atoms with Gasteiger partial charge in [-0.15, -0.1) is 0 Å². The molecule has 8 aromatic rings. The highest BCUT2D eigenvalue weighted by atomic mass is 16.3. The van der Waals surface area contributed by atoms with Crippen molar-refractivity contribution in [1.82, 2.24) is 4.98 Å². The van der Waals surface area contributed by atoms with Crippen LogP contribution >= 0.6 is 0 Å². The van der Waals surface area contributed by atoms with E-state index in [-0.39, 0.29) is 11.1 Å². The topological polar surface area (TPSA) is 26.0 Å². The number of furan rings is 1. The first-order valence-corrected chi connectivity index (χ1v) is 12.9. The largest absolute Gasteiger partial charge is 0.455 e. The summed E-state index contributed by atoms with van der Waals surface area (Å²) < 4.78 is 54.1. The van der Waals surface area contributed by atoms with Crippen LogP contribution in [0.15, 0.2) is 120 Å². The Kier molecular flexibility index (Phi) is 3.57. The molecule has 0 saturated heterocycles. The maximum Gasteiger partial charge on any atom is 0.144 e. The zero-order valence-electron chi connectivity index (χ0n) is 26.8. The molecule has 0 radical (unpaired) electrons. The van der Waals surface area contributed by atoms with Crippen molar-refractivity contribution in [2.45, 2.75) is 13.7 Å². The van der Waals surface area contributed by atoms with Crippen LogP contribution in [0.5, 0.6) is 0 Å². The Morgan fingerprint density at radius 1 is 0.538 bits per heavy atom. The van der Waals surface area contributed by atoms with E-state index in [1.165, 1.54) is 11.5 Å². The molecule has 0 N–H and O–H groups in total. The number of para-hydroxylation sites is 1. The van der Waals surface area contributed by atoms with Gasteiger partial charge in [0.2, 0.25) is 0 Å². The third-order valence-corrected chi connectivity index (χ3v) is 7.74. The molecule has 2 aromatic heterocycles. The third kappa shape index (κ3) is 3.31. The summed E-state index contributed by atoms with van der Waals surface area (Å²) in [6, 6.07) is 36.7. The zero-order chi connectivity index (χ0) is 31.1. The lowest BCUT2D eigenvalue weighted by Crippen LogP contribution is -1.88. The summed E-state index contributed by atoms with van der Waals surface area (Å²) in [5.74, 6) is 0. The molecule has 2 heterocycles. The van der Waals surface area contributed by atoms with Crippen molar-refractivity contribution in [2.24, 2.45) is 0 Å². The maximum absolute atomic E-state index is 8.01. The molecule has 8 rings (SSSR count). The smallest absolute Gasteiger partial charge is 0.144 e. The minimum atomic E-state index is -2.62. The fraction of sp³-hybridized carbons (Fsp3) is 0.0541. The first-order valence-electron chi connectivity index (χ1n) is 15.9. The van der Waals surface area contributed by atoms with E-state index in [0.717, 1.165) is 55.0 Å². The average Bonchev–Trinajstić information content (AvgIpc) is 3.41. The van der Waals surface area contributed by atoms with Gasteiger partial charge < -0.3 is 4.42 Å². The minimum Gasteiger partial charge on any atom is -0.455 e. The zero-order valence-corrected chi connectivity index (χ0v) is 20.8. The van der Waals surface area contributed by atoms with E-state index in [9.17, 15) is 0 Å². The number of aromatic nitrogens is 1. The van der Waals surface area contributed by atoms with Crippen molar-refractivity contribution in [1.29, 1.82) is 0 Å². The van der Waals surface area contributed by atoms with Crippen molar-refractivity contribution < 1.29 is 12.6 Å². The number of rotatable bonds is 2. The predicted molar refractivity (Wildman–Crippen MR) is 164 cm³/mol. The number of hydrogen-bond acceptors (Lipinski definition) is 2. The van der Waals surface area contributed by atoms with Gasteiger partial charge in [0, 0.05) is 30.8 Å². The van der Waals surface area contributed by atoms with Crippen LogP contribution in [0.25, 0.3) is 76.6 Å². The first-order chi connectivity index (χ1) is 21.6. The van der Waals surface area contributed by atoms with E-state index in [0.29, 0.717) is 22.4 Å². The predicted octanol–water partition coefficient (Wildman–Crippen LogP) is 10.4. The van der Waals surface area contributed by atoms with Crippen molar-refractivity contribution in [3.8, 4) is 22.4 Å². The van der Waals surface area contributed by atoms with Crippen LogP contribution in [-0.4, -0.2) is 4.98 Å². The quantitative estimate of drug-likeness (QED) is 0.218. The summed E-state index contributed by atoms with van der Waals surface area (Å²) in [7, 11) is 0. The molecule has 2 heteroatoms. The standard InChI is InChI=1S/C37H25NO/c1-22-17-35(38-21-23(22)2)30-14-8-13-29-34-19-32-27-12-7-6-11-26(27)31-18-25(24-9-4-3-5-10-24)15-16-28(31)33(32)20-36(34)39-37(29)30/h3-21H,1-2H3/i1D3,2D3. The molecular weight excluding hydrogens is 474 g/mol. The number of nitrogens with zero attached hydrogens (tertiary/aromatic N) is 1. The number of fused-ring (bicyclic) bond motifs is 9. The summed E-state index contributed by atoms with van der Waals surface area (Å²) in [6.07, 6.45) is 1.15. The molecule has 6 aromatic carbocycles. The van der Waals surface area contributed by atoms with Crippen molar-refractivity contribution in [2.75, 3.05) is 0 Å². The Labute approximate surface area is 234 Å². The normalized spacial score (nSPS) is 14.8. The minimum absolute atomic E-state index is 0.237. The first kappa shape index (κ1) is 16.8. The number of benzene rings is 6. The Hall–Kier alpha value is -4.95. The lowest BCUT2D eigenvalue weighted by atomic mass is 9.91. The molecule has 0 saturated carbocycles. The van der Waals surface area contributed by atoms with E-state index in [4.69, 9.17) is 12.6 Å². The second-order valence-electron chi connectivity index (χ2n) is 9.97. The van der Waals surface area contributed by atoms with Gasteiger partial charge in [-0.2, -0.15) is 0 Å². The summed E-state index contributed by atoms with van der Waals surface area (Å²) in [5.41, 5.74) is 3.99. The molecule has 0 atom stereocenters. The van der Waals surface area contributed by atoms with Crippen LogP contribution in [0, 0.1) is 13.7 Å². The fourth-order valence-electron chi connectivity index (χ4n) is 5.86. The van der Waals surface area contributed by atoms with Crippen molar-refractivity contribution in [3.05, 3.63) is 127 Å². The lowest BCUT2D eigenvalue weighted by Gasteiger charge is -2.12. The van der Waals surface area contributed by atoms with Crippen LogP contribution in [0.1, 0.15) is 19.4 Å². The van der Waals surface area contributed by atoms with Gasteiger partial charge in [0.05, 0.1) is 5.69 Å². The molecular formula is C37H25NO. The summed E-state index contributed by atoms with van der Waals surface area (Å²) >= 11 is 0. The molecule has 0 spiro atoms. The lowest BCUT2D eigenvalue weighted by molar-refractivity contribution is 0.670. The van der Waals surface area contributed by atoms with Gasteiger partial charge in [-0.05, 0) is 98.6 Å². The van der Waals surface area contributed by atoms with Crippen LogP contribution in [0.4, 0.5) is 0 Å². The van der Waals surface area contributed by atoms with Gasteiger partial charge >= 0.3 is 0 Å². The highest BCUT2D eigenvalue weighted by Gasteiger charge is 2.17. The highest BCUT2D eigenvalue weighted by Crippen LogP contribution is 2.42. The van der Waals surface area contributed by atoms with Gasteiger partial charge in [0.25, 0.3) is 0 Å². The van der Waals surface area contributed by atoms with Gasteiger partial charge in [0.15, 0.2) is 0 Å². The Morgan fingerprint density at radius 2 is 1.26 bits per heavy atom. The van der Waals surface area contributed by atoms with Crippen LogP contribution in [-0.2, 0) is 0 Å². The number of aryl methyl sites for hydroxylation is 2. The van der Waals surface area contributed by atoms with E-state index < -0.39 is 13.7 Å². The number of pyridine rings is 1. The molecule has 2 nitrogen and oxygen atoms in total. The molecule has 39 heavy (non-hydrogen) atoms. The van der Waals surface area contributed by atoms with Crippen molar-refractivity contribution in [3.63, 3.8) is 0 Å². The molecule has 0 amide bonds. The Bertz CT molecular complexity index is 2460. The molecule has 0 aliphatic heterocycles. The molecule has 0 aliphatic carbocycles. The molecule has 0 unspecified atom stereocenters. The summed E-state index contributed by atoms with van der Waals surface area (Å²) in [6.45, 7) is -5.22. The highest BCUT2D eigenvalue weighted by molar-refractivity contribution is 6.28. The van der Waals surface area contributed by atoms with Crippen molar-refractivity contribution >= 4 is 54.3 Å². The number of hydrogen-bond donors (Lipinski definition) is 0. The van der Waals surface area contributed by atoms with Crippen LogP contribution in [0.2, 0.25) is 0 Å². The van der Waals surface area contributed by atoms with Gasteiger partial charge in [-0.3, -0.25) is 4.98 Å². The van der Waals surface area contributed by atoms with E-state index in [2.05, 4.69) is 71.7 Å². The van der Waals surface area contributed by atoms with Gasteiger partial charge in [-0.1, -0.05) is 78.9 Å². The molecule has 0 fully saturated rings. The van der Waals surface area contributed by atoms with Crippen LogP contribution in [0.3, 0.4) is 0 Å². The molecule has 0 aliphatic rings. The molecule has 0 bridgehead atoms. The average molecular weight is 506 g/mol. The van der Waals surface area contributed by atoms with Crippen LogP contribution < -0.4 is 0 Å².